The molecule has 3 heteroatoms. The maximum atomic E-state index is 7.91. The molecule has 0 spiro atoms. The normalized spacial score (nSPS) is 10.8. The van der Waals surface area contributed by atoms with Gasteiger partial charge in [-0.1, -0.05) is 146 Å². The summed E-state index contributed by atoms with van der Waals surface area (Å²) in [6.07, 6.45) is 1.40. The van der Waals surface area contributed by atoms with E-state index in [1.54, 1.807) is 0 Å². The number of benzene rings is 8. The molecule has 0 saturated heterocycles. The lowest BCUT2D eigenvalue weighted by Crippen LogP contribution is -1.96. The lowest BCUT2D eigenvalue weighted by atomic mass is 9.93. The zero-order chi connectivity index (χ0) is 35.1. The molecule has 0 aliphatic carbocycles. The Hall–Kier alpha value is -6.97. The molecule has 0 atom stereocenters. The molecule has 0 heterocycles. The van der Waals surface area contributed by atoms with E-state index < -0.39 is 0 Å². The molecule has 0 saturated carbocycles. The quantitative estimate of drug-likeness (QED) is 0.127. The van der Waals surface area contributed by atoms with Crippen molar-refractivity contribution in [2.75, 3.05) is 10.6 Å². The van der Waals surface area contributed by atoms with E-state index in [4.69, 9.17) is 5.41 Å². The molecule has 0 amide bonds. The van der Waals surface area contributed by atoms with E-state index in [1.165, 1.54) is 28.5 Å². The second-order valence-electron chi connectivity index (χ2n) is 12.8. The molecule has 8 aromatic rings. The molecule has 0 aromatic heterocycles. The Morgan fingerprint density at radius 3 is 1.15 bits per heavy atom. The highest BCUT2D eigenvalue weighted by molar-refractivity contribution is 5.90. The zero-order valence-electron chi connectivity index (χ0n) is 28.6. The van der Waals surface area contributed by atoms with Crippen LogP contribution < -0.4 is 10.6 Å². The fraction of sp³-hybridized carbons (Fsp3) is 0. The highest BCUT2D eigenvalue weighted by Gasteiger charge is 2.13. The van der Waals surface area contributed by atoms with E-state index >= 15 is 0 Å². The molecule has 52 heavy (non-hydrogen) atoms. The SMILES string of the molecule is N=Cc1cccc(-c2cc(-c3ccc(Nc4ccc(-c5ccccc5)cc4)c(-c4ccccc4)c3)ccc2Nc2ccc(-c3ccccc3)cc2)c1. The van der Waals surface area contributed by atoms with Crippen LogP contribution in [-0.2, 0) is 0 Å². The Balaban J connectivity index is 1.15. The number of hydrogen-bond donors (Lipinski definition) is 3. The van der Waals surface area contributed by atoms with Gasteiger partial charge in [-0.25, -0.2) is 0 Å². The topological polar surface area (TPSA) is 47.9 Å². The summed E-state index contributed by atoms with van der Waals surface area (Å²) in [6.45, 7) is 0. The Morgan fingerprint density at radius 2 is 0.692 bits per heavy atom. The van der Waals surface area contributed by atoms with Crippen molar-refractivity contribution >= 4 is 29.0 Å². The first kappa shape index (κ1) is 32.2. The van der Waals surface area contributed by atoms with Gasteiger partial charge in [-0.3, -0.25) is 0 Å². The summed E-state index contributed by atoms with van der Waals surface area (Å²) >= 11 is 0. The minimum atomic E-state index is 0.861. The summed E-state index contributed by atoms with van der Waals surface area (Å²) in [6, 6.07) is 70.0. The van der Waals surface area contributed by atoms with Gasteiger partial charge in [0.1, 0.15) is 0 Å². The first-order valence-electron chi connectivity index (χ1n) is 17.5. The summed E-state index contributed by atoms with van der Waals surface area (Å²) in [5, 5.41) is 15.3. The Labute approximate surface area is 305 Å². The Bertz CT molecular complexity index is 2440. The van der Waals surface area contributed by atoms with Gasteiger partial charge in [0.15, 0.2) is 0 Å². The van der Waals surface area contributed by atoms with Crippen molar-refractivity contribution < 1.29 is 0 Å². The fourth-order valence-electron chi connectivity index (χ4n) is 6.62. The van der Waals surface area contributed by atoms with Gasteiger partial charge in [0, 0.05) is 40.1 Å². The van der Waals surface area contributed by atoms with Gasteiger partial charge in [0.25, 0.3) is 0 Å². The van der Waals surface area contributed by atoms with Crippen LogP contribution in [0.5, 0.6) is 0 Å². The minimum Gasteiger partial charge on any atom is -0.355 e. The van der Waals surface area contributed by atoms with Gasteiger partial charge in [0.2, 0.25) is 0 Å². The Kier molecular flexibility index (Phi) is 9.22. The maximum Gasteiger partial charge on any atom is 0.0464 e. The standard InChI is InChI=1S/C49H37N3/c50-34-35-11-10-18-43(31-35)47-33-42(24-30-49(47)52-45-27-21-39(22-28-45)37-14-6-2-7-15-37)41-23-29-48(46(32-41)40-16-8-3-9-17-40)51-44-25-19-38(20-26-44)36-12-4-1-5-13-36/h1-34,50-52H. The van der Waals surface area contributed by atoms with Crippen molar-refractivity contribution in [3.8, 4) is 55.6 Å². The third-order valence-corrected chi connectivity index (χ3v) is 9.36. The van der Waals surface area contributed by atoms with Crippen molar-refractivity contribution in [2.24, 2.45) is 0 Å². The second kappa shape index (κ2) is 14.9. The van der Waals surface area contributed by atoms with Crippen LogP contribution in [0.1, 0.15) is 5.56 Å². The molecule has 0 aliphatic heterocycles. The molecule has 248 valence electrons. The van der Waals surface area contributed by atoms with Crippen LogP contribution in [0.2, 0.25) is 0 Å². The monoisotopic (exact) mass is 667 g/mol. The molecule has 0 fully saturated rings. The van der Waals surface area contributed by atoms with Crippen LogP contribution in [0.3, 0.4) is 0 Å². The highest BCUT2D eigenvalue weighted by atomic mass is 14.9. The molecule has 0 radical (unpaired) electrons. The summed E-state index contributed by atoms with van der Waals surface area (Å²) in [5.74, 6) is 0. The van der Waals surface area contributed by atoms with Gasteiger partial charge >= 0.3 is 0 Å². The molecular formula is C49H37N3. The molecule has 3 N–H and O–H groups in total. The molecular weight excluding hydrogens is 631 g/mol. The van der Waals surface area contributed by atoms with Crippen LogP contribution in [0.25, 0.3) is 55.6 Å². The minimum absolute atomic E-state index is 0.861. The van der Waals surface area contributed by atoms with Crippen molar-refractivity contribution in [1.29, 1.82) is 5.41 Å². The second-order valence-corrected chi connectivity index (χ2v) is 12.8. The van der Waals surface area contributed by atoms with E-state index in [9.17, 15) is 0 Å². The average Bonchev–Trinajstić information content (AvgIpc) is 3.23. The number of anilines is 4. The van der Waals surface area contributed by atoms with E-state index in [2.05, 4.69) is 187 Å². The van der Waals surface area contributed by atoms with Crippen LogP contribution in [0, 0.1) is 5.41 Å². The molecule has 0 bridgehead atoms. The lowest BCUT2D eigenvalue weighted by Gasteiger charge is -2.17. The van der Waals surface area contributed by atoms with Crippen LogP contribution in [0.4, 0.5) is 22.7 Å². The average molecular weight is 668 g/mol. The first-order valence-corrected chi connectivity index (χ1v) is 17.5. The van der Waals surface area contributed by atoms with Crippen LogP contribution in [0.15, 0.2) is 200 Å². The first-order chi connectivity index (χ1) is 25.7. The Morgan fingerprint density at radius 1 is 0.308 bits per heavy atom. The van der Waals surface area contributed by atoms with Gasteiger partial charge in [0.05, 0.1) is 0 Å². The van der Waals surface area contributed by atoms with E-state index in [-0.39, 0.29) is 0 Å². The van der Waals surface area contributed by atoms with Gasteiger partial charge in [-0.2, -0.15) is 0 Å². The smallest absolute Gasteiger partial charge is 0.0464 e. The van der Waals surface area contributed by atoms with Crippen molar-refractivity contribution in [1.82, 2.24) is 0 Å². The van der Waals surface area contributed by atoms with Gasteiger partial charge in [-0.15, -0.1) is 0 Å². The van der Waals surface area contributed by atoms with E-state index in [0.29, 0.717) is 0 Å². The zero-order valence-corrected chi connectivity index (χ0v) is 28.6. The molecule has 8 aromatic carbocycles. The molecule has 8 rings (SSSR count). The predicted molar refractivity (Wildman–Crippen MR) is 221 cm³/mol. The highest BCUT2D eigenvalue weighted by Crippen LogP contribution is 2.39. The van der Waals surface area contributed by atoms with E-state index in [0.717, 1.165) is 61.7 Å². The van der Waals surface area contributed by atoms with Crippen molar-refractivity contribution in [3.05, 3.63) is 206 Å². The third-order valence-electron chi connectivity index (χ3n) is 9.36. The number of nitrogens with one attached hydrogen (secondary N) is 3. The molecule has 0 aliphatic rings. The molecule has 0 unspecified atom stereocenters. The van der Waals surface area contributed by atoms with E-state index in [1.807, 2.05) is 24.3 Å². The third kappa shape index (κ3) is 7.16. The van der Waals surface area contributed by atoms with Gasteiger partial charge in [-0.05, 0) is 105 Å². The predicted octanol–water partition coefficient (Wildman–Crippen LogP) is 13.5. The summed E-state index contributed by atoms with van der Waals surface area (Å²) in [4.78, 5) is 0. The van der Waals surface area contributed by atoms with Crippen molar-refractivity contribution in [2.45, 2.75) is 0 Å². The van der Waals surface area contributed by atoms with Gasteiger partial charge < -0.3 is 16.0 Å². The number of hydrogen-bond acceptors (Lipinski definition) is 3. The summed E-state index contributed by atoms with van der Waals surface area (Å²) < 4.78 is 0. The molecule has 3 nitrogen and oxygen atoms in total. The fourth-order valence-corrected chi connectivity index (χ4v) is 6.62. The lowest BCUT2D eigenvalue weighted by molar-refractivity contribution is 1.50. The summed E-state index contributed by atoms with van der Waals surface area (Å²) in [7, 11) is 0. The largest absolute Gasteiger partial charge is 0.355 e. The summed E-state index contributed by atoms with van der Waals surface area (Å²) in [5.41, 5.74) is 16.3. The van der Waals surface area contributed by atoms with Crippen LogP contribution >= 0.6 is 0 Å². The number of rotatable bonds is 10. The van der Waals surface area contributed by atoms with Crippen LogP contribution in [-0.4, -0.2) is 6.21 Å². The maximum absolute atomic E-state index is 7.91. The van der Waals surface area contributed by atoms with Crippen molar-refractivity contribution in [3.63, 3.8) is 0 Å².